The van der Waals surface area contributed by atoms with Crippen LogP contribution in [-0.2, 0) is 6.42 Å². The maximum absolute atomic E-state index is 12.3. The first-order chi connectivity index (χ1) is 22.6. The van der Waals surface area contributed by atoms with Crippen molar-refractivity contribution < 1.29 is 15.0 Å². The standard InChI is InChI=1S/C24H19OP.C18H14O2/c25-20-16-18-24(19-17-20)26(21-10-4-1-5-11-21,22-12-6-2-7-13-22)23-14-8-3-9-15-23;19-17(10-13-6-2-1-3-7-13)16-11-14-8-4-5-9-15(14)12-18(16)20/h1-19H;1-9,11-12,20H,10H2. The lowest BCUT2D eigenvalue weighted by Gasteiger charge is -2.27. The number of rotatable bonds is 7. The first-order valence-electron chi connectivity index (χ1n) is 15.2. The summed E-state index contributed by atoms with van der Waals surface area (Å²) in [4.78, 5) is 12.3. The molecule has 7 aromatic carbocycles. The Balaban J connectivity index is 0.000000167. The van der Waals surface area contributed by atoms with Gasteiger partial charge in [-0.2, -0.15) is 0 Å². The molecule has 224 valence electrons. The van der Waals surface area contributed by atoms with Gasteiger partial charge in [0.2, 0.25) is 0 Å². The highest BCUT2D eigenvalue weighted by Crippen LogP contribution is 2.54. The van der Waals surface area contributed by atoms with Crippen molar-refractivity contribution in [3.63, 3.8) is 0 Å². The van der Waals surface area contributed by atoms with E-state index >= 15 is 0 Å². The normalized spacial score (nSPS) is 11.0. The molecule has 0 aliphatic rings. The van der Waals surface area contributed by atoms with Gasteiger partial charge in [0.25, 0.3) is 0 Å². The molecule has 0 heterocycles. The second-order valence-corrected chi connectivity index (χ2v) is 14.4. The van der Waals surface area contributed by atoms with E-state index in [4.69, 9.17) is 0 Å². The van der Waals surface area contributed by atoms with Crippen LogP contribution in [0, 0.1) is 0 Å². The van der Waals surface area contributed by atoms with Crippen molar-refractivity contribution in [2.75, 3.05) is 0 Å². The summed E-state index contributed by atoms with van der Waals surface area (Å²) in [5.41, 5.74) is 1.19. The first-order valence-corrected chi connectivity index (χ1v) is 17.0. The van der Waals surface area contributed by atoms with Gasteiger partial charge in [0.15, 0.2) is 5.78 Å². The van der Waals surface area contributed by atoms with E-state index in [-0.39, 0.29) is 23.5 Å². The third kappa shape index (κ3) is 6.47. The number of hydrogen-bond acceptors (Lipinski definition) is 3. The highest BCUT2D eigenvalue weighted by atomic mass is 31.2. The number of carbonyl (C=O) groups excluding carboxylic acids is 1. The monoisotopic (exact) mass is 616 g/mol. The van der Waals surface area contributed by atoms with Crippen molar-refractivity contribution in [2.45, 2.75) is 6.42 Å². The molecule has 7 rings (SSSR count). The molecule has 0 atom stereocenters. The van der Waals surface area contributed by atoms with Crippen molar-refractivity contribution in [3.05, 3.63) is 193 Å². The van der Waals surface area contributed by atoms with Gasteiger partial charge in [0, 0.05) is 12.0 Å². The molecular formula is C42H33O3P. The van der Waals surface area contributed by atoms with Gasteiger partial charge in [0.05, 0.1) is 0 Å². The molecule has 0 aliphatic heterocycles. The number of benzene rings is 7. The quantitative estimate of drug-likeness (QED) is 0.151. The van der Waals surface area contributed by atoms with Crippen LogP contribution < -0.4 is 26.3 Å². The summed E-state index contributed by atoms with van der Waals surface area (Å²) in [5.74, 6) is -0.0439. The van der Waals surface area contributed by atoms with Crippen molar-refractivity contribution >= 4 is 45.0 Å². The van der Waals surface area contributed by atoms with Crippen molar-refractivity contribution in [2.24, 2.45) is 0 Å². The molecule has 1 N–H and O–H groups in total. The molecule has 7 aromatic rings. The average molecular weight is 617 g/mol. The molecule has 0 fully saturated rings. The van der Waals surface area contributed by atoms with E-state index in [2.05, 4.69) is 103 Å². The second kappa shape index (κ2) is 14.1. The molecule has 0 saturated carbocycles. The summed E-state index contributed by atoms with van der Waals surface area (Å²) < 4.78 is 0. The maximum Gasteiger partial charge on any atom is 0.166 e. The van der Waals surface area contributed by atoms with E-state index in [0.717, 1.165) is 16.3 Å². The van der Waals surface area contributed by atoms with E-state index in [0.29, 0.717) is 5.75 Å². The Labute approximate surface area is 270 Å². The summed E-state index contributed by atoms with van der Waals surface area (Å²) in [7, 11) is -2.04. The van der Waals surface area contributed by atoms with Gasteiger partial charge in [-0.1, -0.05) is 121 Å². The van der Waals surface area contributed by atoms with E-state index in [1.54, 1.807) is 18.2 Å². The molecule has 0 radical (unpaired) electrons. The van der Waals surface area contributed by atoms with Gasteiger partial charge in [-0.05, 0) is 83.1 Å². The molecule has 4 heteroatoms. The van der Waals surface area contributed by atoms with Crippen LogP contribution in [0.15, 0.2) is 182 Å². The molecule has 0 amide bonds. The predicted molar refractivity (Wildman–Crippen MR) is 191 cm³/mol. The molecule has 0 spiro atoms. The fourth-order valence-electron chi connectivity index (χ4n) is 5.84. The van der Waals surface area contributed by atoms with E-state index < -0.39 is 7.26 Å². The summed E-state index contributed by atoms with van der Waals surface area (Å²) in [6, 6.07) is 60.2. The minimum absolute atomic E-state index is 0.132. The summed E-state index contributed by atoms with van der Waals surface area (Å²) >= 11 is 0. The Hall–Kier alpha value is -5.50. The lowest BCUT2D eigenvalue weighted by atomic mass is 9.99. The first kappa shape index (κ1) is 30.5. The molecule has 3 nitrogen and oxygen atoms in total. The Morgan fingerprint density at radius 2 is 0.891 bits per heavy atom. The molecule has 0 bridgehead atoms. The van der Waals surface area contributed by atoms with Crippen LogP contribution in [0.3, 0.4) is 0 Å². The number of phenols is 1. The van der Waals surface area contributed by atoms with Crippen LogP contribution in [0.25, 0.3) is 10.8 Å². The fourth-order valence-corrected chi connectivity index (χ4v) is 10.1. The van der Waals surface area contributed by atoms with Crippen LogP contribution >= 0.6 is 7.26 Å². The lowest BCUT2D eigenvalue weighted by Crippen LogP contribution is -2.38. The third-order valence-electron chi connectivity index (χ3n) is 8.02. The van der Waals surface area contributed by atoms with Crippen LogP contribution in [0.5, 0.6) is 11.5 Å². The summed E-state index contributed by atoms with van der Waals surface area (Å²) in [6.45, 7) is 0. The highest BCUT2D eigenvalue weighted by Gasteiger charge is 2.47. The van der Waals surface area contributed by atoms with Crippen molar-refractivity contribution in [1.82, 2.24) is 0 Å². The Kier molecular flexibility index (Phi) is 9.34. The topological polar surface area (TPSA) is 60.4 Å². The zero-order valence-corrected chi connectivity index (χ0v) is 26.1. The van der Waals surface area contributed by atoms with E-state index in [1.807, 2.05) is 54.6 Å². The number of phenolic OH excluding ortho intramolecular Hbond substituents is 1. The van der Waals surface area contributed by atoms with Gasteiger partial charge in [0.1, 0.15) is 34.2 Å². The van der Waals surface area contributed by atoms with E-state index in [1.165, 1.54) is 27.3 Å². The molecule has 46 heavy (non-hydrogen) atoms. The van der Waals surface area contributed by atoms with Crippen LogP contribution in [0.1, 0.15) is 15.9 Å². The largest absolute Gasteiger partial charge is 0.872 e. The number of fused-ring (bicyclic) bond motifs is 1. The van der Waals surface area contributed by atoms with Crippen molar-refractivity contribution in [3.8, 4) is 11.5 Å². The van der Waals surface area contributed by atoms with E-state index in [9.17, 15) is 15.0 Å². The van der Waals surface area contributed by atoms with Gasteiger partial charge in [-0.3, -0.25) is 4.79 Å². The van der Waals surface area contributed by atoms with Gasteiger partial charge in [-0.15, -0.1) is 0 Å². The summed E-state index contributed by atoms with van der Waals surface area (Å²) in [5, 5.41) is 28.8. The number of carbonyl (C=O) groups is 1. The number of Topliss-reactive ketones (excluding diaryl/α,β-unsaturated/α-hetero) is 1. The summed E-state index contributed by atoms with van der Waals surface area (Å²) in [6.07, 6.45) is 0.258. The highest BCUT2D eigenvalue weighted by molar-refractivity contribution is 8.01. The zero-order valence-electron chi connectivity index (χ0n) is 25.2. The predicted octanol–water partition coefficient (Wildman–Crippen LogP) is 7.35. The van der Waals surface area contributed by atoms with Crippen molar-refractivity contribution in [1.29, 1.82) is 0 Å². The fraction of sp³-hybridized carbons (Fsp3) is 0.0238. The molecule has 0 aromatic heterocycles. The molecule has 0 aliphatic carbocycles. The smallest absolute Gasteiger partial charge is 0.166 e. The average Bonchev–Trinajstić information content (AvgIpc) is 3.11. The Morgan fingerprint density at radius 3 is 1.37 bits per heavy atom. The lowest BCUT2D eigenvalue weighted by molar-refractivity contribution is -0.268. The van der Waals surface area contributed by atoms with Crippen LogP contribution in [0.2, 0.25) is 0 Å². The maximum atomic E-state index is 12.3. The minimum atomic E-state index is -2.04. The number of hydrogen-bond donors (Lipinski definition) is 1. The molecular weight excluding hydrogens is 583 g/mol. The van der Waals surface area contributed by atoms with Crippen LogP contribution in [-0.4, -0.2) is 10.9 Å². The van der Waals surface area contributed by atoms with Gasteiger partial charge >= 0.3 is 0 Å². The number of ketones is 1. The minimum Gasteiger partial charge on any atom is -0.872 e. The molecule has 0 saturated heterocycles. The van der Waals surface area contributed by atoms with Gasteiger partial charge < -0.3 is 10.2 Å². The third-order valence-corrected chi connectivity index (χ3v) is 12.3. The van der Waals surface area contributed by atoms with Gasteiger partial charge in [-0.25, -0.2) is 0 Å². The zero-order chi connectivity index (χ0) is 31.8. The molecule has 0 unspecified atom stereocenters. The second-order valence-electron chi connectivity index (χ2n) is 11.0. The van der Waals surface area contributed by atoms with Crippen LogP contribution in [0.4, 0.5) is 0 Å². The Morgan fingerprint density at radius 1 is 0.500 bits per heavy atom. The Bertz CT molecular complexity index is 1930. The number of aromatic hydroxyl groups is 1. The SMILES string of the molecule is O=C(Cc1ccccc1)c1cc2ccccc2cc1[O-].Oc1ccc([P+](c2ccccc2)(c2ccccc2)c2ccccc2)cc1.